The summed E-state index contributed by atoms with van der Waals surface area (Å²) in [5.41, 5.74) is 0.973. The van der Waals surface area contributed by atoms with Crippen molar-refractivity contribution in [2.24, 2.45) is 12.0 Å². The average Bonchev–Trinajstić information content (AvgIpc) is 3.15. The largest absolute Gasteiger partial charge is 0.479 e. The number of amides is 1. The molecular formula is C17H17ClN4O4S. The van der Waals surface area contributed by atoms with Crippen molar-refractivity contribution in [2.75, 3.05) is 13.7 Å². The van der Waals surface area contributed by atoms with Gasteiger partial charge in [0.2, 0.25) is 5.88 Å². The van der Waals surface area contributed by atoms with E-state index in [2.05, 4.69) is 10.1 Å². The van der Waals surface area contributed by atoms with Crippen LogP contribution in [-0.2, 0) is 23.1 Å². The Labute approximate surface area is 163 Å². The highest BCUT2D eigenvalue weighted by atomic mass is 35.5. The molecule has 0 N–H and O–H groups in total. The average molecular weight is 409 g/mol. The van der Waals surface area contributed by atoms with E-state index >= 15 is 0 Å². The summed E-state index contributed by atoms with van der Waals surface area (Å²) < 4.78 is 14.1. The summed E-state index contributed by atoms with van der Waals surface area (Å²) in [5, 5.41) is 4.61. The quantitative estimate of drug-likeness (QED) is 0.605. The summed E-state index contributed by atoms with van der Waals surface area (Å²) in [6.45, 7) is 1.94. The molecule has 0 aliphatic carbocycles. The number of ether oxygens (including phenoxy) is 2. The number of hydrogen-bond donors (Lipinski definition) is 0. The number of benzene rings is 1. The summed E-state index contributed by atoms with van der Waals surface area (Å²) in [6.07, 6.45) is 1.53. The lowest BCUT2D eigenvalue weighted by molar-refractivity contribution is -0.143. The number of thiazole rings is 1. The van der Waals surface area contributed by atoms with E-state index < -0.39 is 11.9 Å². The third kappa shape index (κ3) is 4.04. The van der Waals surface area contributed by atoms with Crippen molar-refractivity contribution in [1.29, 1.82) is 0 Å². The molecule has 0 bridgehead atoms. The standard InChI is InChI=1S/C17H17ClN4O4S/c1-4-26-14(23)9-22-12-6-5-10(18)7-13(12)27-17(22)19-15(24)11-8-21(2)20-16(11)25-3/h5-8H,4,9H2,1-3H3. The van der Waals surface area contributed by atoms with Crippen LogP contribution in [0.4, 0.5) is 0 Å². The van der Waals surface area contributed by atoms with Crippen LogP contribution in [-0.4, -0.2) is 39.9 Å². The number of aryl methyl sites for hydroxylation is 1. The molecule has 8 nitrogen and oxygen atoms in total. The Hall–Kier alpha value is -2.65. The molecule has 27 heavy (non-hydrogen) atoms. The second-order valence-corrected chi connectivity index (χ2v) is 6.98. The zero-order valence-corrected chi connectivity index (χ0v) is 16.5. The van der Waals surface area contributed by atoms with Gasteiger partial charge in [-0.05, 0) is 25.1 Å². The minimum Gasteiger partial charge on any atom is -0.479 e. The molecule has 1 amide bonds. The number of rotatable bonds is 5. The molecule has 0 aliphatic heterocycles. The van der Waals surface area contributed by atoms with E-state index in [-0.39, 0.29) is 24.6 Å². The van der Waals surface area contributed by atoms with Crippen LogP contribution < -0.4 is 9.54 Å². The molecule has 0 saturated carbocycles. The van der Waals surface area contributed by atoms with Crippen LogP contribution in [0.3, 0.4) is 0 Å². The van der Waals surface area contributed by atoms with E-state index in [0.29, 0.717) is 9.82 Å². The maximum Gasteiger partial charge on any atom is 0.326 e. The fourth-order valence-corrected chi connectivity index (χ4v) is 3.84. The Morgan fingerprint density at radius 1 is 1.37 bits per heavy atom. The Morgan fingerprint density at radius 2 is 2.15 bits per heavy atom. The van der Waals surface area contributed by atoms with Gasteiger partial charge in [-0.3, -0.25) is 14.3 Å². The first kappa shape index (κ1) is 19.1. The van der Waals surface area contributed by atoms with Crippen LogP contribution in [0.15, 0.2) is 29.4 Å². The van der Waals surface area contributed by atoms with Crippen LogP contribution in [0.2, 0.25) is 5.02 Å². The second-order valence-electron chi connectivity index (χ2n) is 5.53. The highest BCUT2D eigenvalue weighted by Crippen LogP contribution is 2.22. The topological polar surface area (TPSA) is 87.7 Å². The maximum absolute atomic E-state index is 12.7. The highest BCUT2D eigenvalue weighted by molar-refractivity contribution is 7.16. The molecule has 3 rings (SSSR count). The predicted molar refractivity (Wildman–Crippen MR) is 101 cm³/mol. The number of nitrogens with zero attached hydrogens (tertiary/aromatic N) is 4. The number of aromatic nitrogens is 3. The van der Waals surface area contributed by atoms with E-state index in [1.807, 2.05) is 0 Å². The van der Waals surface area contributed by atoms with Gasteiger partial charge in [0.15, 0.2) is 4.80 Å². The fraction of sp³-hybridized carbons (Fsp3) is 0.294. The Kier molecular flexibility index (Phi) is 5.62. The third-order valence-electron chi connectivity index (χ3n) is 3.65. The SMILES string of the molecule is CCOC(=O)Cn1c(=NC(=O)c2cn(C)nc2OC)sc2cc(Cl)ccc21. The van der Waals surface area contributed by atoms with Gasteiger partial charge in [0.25, 0.3) is 5.91 Å². The molecule has 0 spiro atoms. The van der Waals surface area contributed by atoms with Crippen LogP contribution in [0, 0.1) is 0 Å². The molecule has 1 aromatic carbocycles. The summed E-state index contributed by atoms with van der Waals surface area (Å²) in [6, 6.07) is 5.26. The summed E-state index contributed by atoms with van der Waals surface area (Å²) in [4.78, 5) is 29.2. The van der Waals surface area contributed by atoms with Gasteiger partial charge < -0.3 is 14.0 Å². The lowest BCUT2D eigenvalue weighted by Crippen LogP contribution is -2.23. The van der Waals surface area contributed by atoms with Crippen molar-refractivity contribution < 1.29 is 19.1 Å². The smallest absolute Gasteiger partial charge is 0.326 e. The number of hydrogen-bond acceptors (Lipinski definition) is 6. The molecule has 3 aromatic rings. The Morgan fingerprint density at radius 3 is 2.85 bits per heavy atom. The fourth-order valence-electron chi connectivity index (χ4n) is 2.53. The normalized spacial score (nSPS) is 11.8. The lowest BCUT2D eigenvalue weighted by Gasteiger charge is -2.05. The summed E-state index contributed by atoms with van der Waals surface area (Å²) >= 11 is 7.32. The zero-order chi connectivity index (χ0) is 19.6. The van der Waals surface area contributed by atoms with Crippen LogP contribution in [0.5, 0.6) is 5.88 Å². The highest BCUT2D eigenvalue weighted by Gasteiger charge is 2.18. The van der Waals surface area contributed by atoms with E-state index in [9.17, 15) is 9.59 Å². The van der Waals surface area contributed by atoms with Gasteiger partial charge in [0.1, 0.15) is 12.1 Å². The Bertz CT molecular complexity index is 1080. The number of halogens is 1. The minimum atomic E-state index is -0.518. The lowest BCUT2D eigenvalue weighted by atomic mass is 10.3. The molecule has 142 valence electrons. The van der Waals surface area contributed by atoms with Gasteiger partial charge in [-0.1, -0.05) is 22.9 Å². The van der Waals surface area contributed by atoms with Gasteiger partial charge in [0.05, 0.1) is 23.9 Å². The van der Waals surface area contributed by atoms with Crippen molar-refractivity contribution in [3.8, 4) is 5.88 Å². The number of carbonyl (C=O) groups is 2. The predicted octanol–water partition coefficient (Wildman–Crippen LogP) is 2.40. The molecular weight excluding hydrogens is 392 g/mol. The van der Waals surface area contributed by atoms with Gasteiger partial charge in [-0.15, -0.1) is 5.10 Å². The van der Waals surface area contributed by atoms with Crippen molar-refractivity contribution >= 4 is 45.0 Å². The van der Waals surface area contributed by atoms with Crippen LogP contribution >= 0.6 is 22.9 Å². The molecule has 0 radical (unpaired) electrons. The molecule has 0 unspecified atom stereocenters. The first-order valence-corrected chi connectivity index (χ1v) is 9.23. The monoisotopic (exact) mass is 408 g/mol. The molecule has 0 saturated heterocycles. The summed E-state index contributed by atoms with van der Waals surface area (Å²) in [7, 11) is 3.11. The van der Waals surface area contributed by atoms with Crippen molar-refractivity contribution in [3.63, 3.8) is 0 Å². The molecule has 2 aromatic heterocycles. The van der Waals surface area contributed by atoms with Gasteiger partial charge in [0, 0.05) is 18.3 Å². The number of esters is 1. The zero-order valence-electron chi connectivity index (χ0n) is 14.9. The van der Waals surface area contributed by atoms with E-state index in [4.69, 9.17) is 21.1 Å². The van der Waals surface area contributed by atoms with Gasteiger partial charge in [-0.25, -0.2) is 0 Å². The van der Waals surface area contributed by atoms with Crippen LogP contribution in [0.25, 0.3) is 10.2 Å². The summed E-state index contributed by atoms with van der Waals surface area (Å²) in [5.74, 6) is -0.748. The number of carbonyl (C=O) groups excluding carboxylic acids is 2. The number of fused-ring (bicyclic) bond motifs is 1. The van der Waals surface area contributed by atoms with Gasteiger partial charge in [-0.2, -0.15) is 4.99 Å². The van der Waals surface area contributed by atoms with E-state index in [0.717, 1.165) is 10.2 Å². The van der Waals surface area contributed by atoms with Crippen molar-refractivity contribution in [3.05, 3.63) is 39.8 Å². The minimum absolute atomic E-state index is 0.0637. The first-order valence-electron chi connectivity index (χ1n) is 8.04. The van der Waals surface area contributed by atoms with Crippen molar-refractivity contribution in [1.82, 2.24) is 14.3 Å². The molecule has 2 heterocycles. The molecule has 10 heteroatoms. The molecule has 0 atom stereocenters. The number of methoxy groups -OCH3 is 1. The third-order valence-corrected chi connectivity index (χ3v) is 4.93. The Balaban J connectivity index is 2.12. The molecule has 0 aliphatic rings. The first-order chi connectivity index (χ1) is 12.9. The van der Waals surface area contributed by atoms with E-state index in [1.54, 1.807) is 36.7 Å². The van der Waals surface area contributed by atoms with Crippen molar-refractivity contribution in [2.45, 2.75) is 13.5 Å². The molecule has 0 fully saturated rings. The van der Waals surface area contributed by atoms with Gasteiger partial charge >= 0.3 is 5.97 Å². The van der Waals surface area contributed by atoms with Crippen LogP contribution in [0.1, 0.15) is 17.3 Å². The maximum atomic E-state index is 12.7. The second kappa shape index (κ2) is 7.93. The van der Waals surface area contributed by atoms with E-state index in [1.165, 1.54) is 29.3 Å².